The van der Waals surface area contributed by atoms with E-state index in [4.69, 9.17) is 11.2 Å². The third-order valence-corrected chi connectivity index (χ3v) is 3.96. The van der Waals surface area contributed by atoms with Crippen molar-refractivity contribution in [3.63, 3.8) is 0 Å². The molecule has 0 unspecified atom stereocenters. The topological polar surface area (TPSA) is 50.7 Å². The van der Waals surface area contributed by atoms with Gasteiger partial charge in [0.1, 0.15) is 12.4 Å². The molecule has 4 nitrogen and oxygen atoms in total. The molecule has 2 aromatic carbocycles. The third kappa shape index (κ3) is 6.09. The van der Waals surface area contributed by atoms with Crippen LogP contribution in [0, 0.1) is 12.3 Å². The summed E-state index contributed by atoms with van der Waals surface area (Å²) in [6.07, 6.45) is 8.01. The van der Waals surface area contributed by atoms with Crippen molar-refractivity contribution in [1.82, 2.24) is 5.43 Å². The lowest BCUT2D eigenvalue weighted by Crippen LogP contribution is -2.19. The zero-order chi connectivity index (χ0) is 18.1. The van der Waals surface area contributed by atoms with E-state index < -0.39 is 0 Å². The number of hydrogen-bond acceptors (Lipinski definition) is 3. The number of ether oxygens (including phenoxy) is 1. The van der Waals surface area contributed by atoms with Crippen LogP contribution in [0.1, 0.15) is 23.6 Å². The molecule has 0 fully saturated rings. The molecule has 1 amide bonds. The van der Waals surface area contributed by atoms with E-state index >= 15 is 0 Å². The Kier molecular flexibility index (Phi) is 7.24. The molecule has 0 spiro atoms. The number of hydrazone groups is 1. The first-order chi connectivity index (χ1) is 12.1. The van der Waals surface area contributed by atoms with Crippen molar-refractivity contribution in [2.45, 2.75) is 19.8 Å². The van der Waals surface area contributed by atoms with Crippen LogP contribution < -0.4 is 10.2 Å². The molecule has 25 heavy (non-hydrogen) atoms. The molecule has 0 aliphatic heterocycles. The van der Waals surface area contributed by atoms with Crippen molar-refractivity contribution in [1.29, 1.82) is 0 Å². The van der Waals surface area contributed by atoms with Gasteiger partial charge >= 0.3 is 0 Å². The monoisotopic (exact) mass is 398 g/mol. The van der Waals surface area contributed by atoms with Crippen molar-refractivity contribution >= 4 is 28.1 Å². The van der Waals surface area contributed by atoms with Gasteiger partial charge in [-0.2, -0.15) is 5.10 Å². The quantitative estimate of drug-likeness (QED) is 0.438. The number of nitrogens with zero attached hydrogens (tertiary/aromatic N) is 1. The van der Waals surface area contributed by atoms with E-state index in [2.05, 4.69) is 39.3 Å². The average Bonchev–Trinajstić information content (AvgIpc) is 2.61. The third-order valence-electron chi connectivity index (χ3n) is 3.47. The maximum atomic E-state index is 12.0. The first-order valence-corrected chi connectivity index (χ1v) is 8.67. The van der Waals surface area contributed by atoms with Crippen molar-refractivity contribution in [2.24, 2.45) is 5.10 Å². The molecule has 5 heteroatoms. The number of amides is 1. The highest BCUT2D eigenvalue weighted by Gasteiger charge is 2.04. The Morgan fingerprint density at radius 3 is 2.68 bits per heavy atom. The van der Waals surface area contributed by atoms with E-state index in [1.807, 2.05) is 36.4 Å². The first kappa shape index (κ1) is 18.8. The molecule has 0 radical (unpaired) electrons. The fourth-order valence-corrected chi connectivity index (χ4v) is 2.54. The highest BCUT2D eigenvalue weighted by atomic mass is 79.9. The number of carbonyl (C=O) groups is 1. The Hall–Kier alpha value is -2.58. The second-order valence-corrected chi connectivity index (χ2v) is 6.23. The van der Waals surface area contributed by atoms with Crippen molar-refractivity contribution < 1.29 is 9.53 Å². The van der Waals surface area contributed by atoms with Crippen LogP contribution in [0.15, 0.2) is 52.0 Å². The van der Waals surface area contributed by atoms with Crippen molar-refractivity contribution in [2.75, 3.05) is 6.61 Å². The van der Waals surface area contributed by atoms with Crippen LogP contribution in [0.3, 0.4) is 0 Å². The highest BCUT2D eigenvalue weighted by molar-refractivity contribution is 9.10. The normalized spacial score (nSPS) is 10.4. The van der Waals surface area contributed by atoms with Gasteiger partial charge in [0.25, 0.3) is 0 Å². The first-order valence-electron chi connectivity index (χ1n) is 7.88. The van der Waals surface area contributed by atoms with E-state index in [0.29, 0.717) is 5.75 Å². The second-order valence-electron chi connectivity index (χ2n) is 5.31. The van der Waals surface area contributed by atoms with Crippen LogP contribution in [-0.4, -0.2) is 18.7 Å². The fourth-order valence-electron chi connectivity index (χ4n) is 2.16. The lowest BCUT2D eigenvalue weighted by molar-refractivity contribution is -0.120. The van der Waals surface area contributed by atoms with Gasteiger partial charge in [-0.3, -0.25) is 4.79 Å². The molecule has 0 aromatic heterocycles. The van der Waals surface area contributed by atoms with Gasteiger partial charge in [-0.25, -0.2) is 5.43 Å². The Bertz CT molecular complexity index is 792. The van der Waals surface area contributed by atoms with Gasteiger partial charge in [-0.15, -0.1) is 6.42 Å². The molecule has 2 rings (SSSR count). The molecule has 0 heterocycles. The summed E-state index contributed by atoms with van der Waals surface area (Å²) in [5.41, 5.74) is 5.45. The van der Waals surface area contributed by atoms with Crippen molar-refractivity contribution in [3.8, 4) is 18.1 Å². The molecular weight excluding hydrogens is 380 g/mol. The maximum Gasteiger partial charge on any atom is 0.244 e. The minimum atomic E-state index is -0.179. The molecule has 0 atom stereocenters. The average molecular weight is 399 g/mol. The minimum Gasteiger partial charge on any atom is -0.480 e. The summed E-state index contributed by atoms with van der Waals surface area (Å²) in [7, 11) is 0. The van der Waals surface area contributed by atoms with E-state index in [0.717, 1.165) is 22.0 Å². The van der Waals surface area contributed by atoms with Crippen LogP contribution in [0.25, 0.3) is 0 Å². The zero-order valence-electron chi connectivity index (χ0n) is 14.0. The minimum absolute atomic E-state index is 0.169. The molecule has 0 saturated carbocycles. The molecule has 1 N–H and O–H groups in total. The summed E-state index contributed by atoms with van der Waals surface area (Å²) >= 11 is 3.40. The van der Waals surface area contributed by atoms with Gasteiger partial charge in [0, 0.05) is 10.0 Å². The molecular formula is C20H19BrN2O2. The number of benzene rings is 2. The number of carbonyl (C=O) groups excluding carboxylic acids is 1. The lowest BCUT2D eigenvalue weighted by Gasteiger charge is -2.07. The number of rotatable bonds is 7. The number of terminal acetylenes is 1. The van der Waals surface area contributed by atoms with E-state index in [1.165, 1.54) is 11.8 Å². The Morgan fingerprint density at radius 1 is 1.28 bits per heavy atom. The van der Waals surface area contributed by atoms with Crippen molar-refractivity contribution in [3.05, 3.63) is 63.6 Å². The van der Waals surface area contributed by atoms with E-state index in [1.54, 1.807) is 6.07 Å². The fraction of sp³-hybridized carbons (Fsp3) is 0.200. The predicted octanol–water partition coefficient (Wildman–Crippen LogP) is 3.72. The van der Waals surface area contributed by atoms with Crippen LogP contribution >= 0.6 is 15.9 Å². The second kappa shape index (κ2) is 9.65. The molecule has 128 valence electrons. The molecule has 0 aliphatic carbocycles. The molecule has 0 saturated heterocycles. The van der Waals surface area contributed by atoms with E-state index in [9.17, 15) is 4.79 Å². The van der Waals surface area contributed by atoms with Gasteiger partial charge in [-0.05, 0) is 35.7 Å². The number of aryl methyl sites for hydroxylation is 1. The number of halogens is 1. The summed E-state index contributed by atoms with van der Waals surface area (Å²) < 4.78 is 6.33. The van der Waals surface area contributed by atoms with Crippen LogP contribution in [0.5, 0.6) is 5.75 Å². The van der Waals surface area contributed by atoms with Crippen LogP contribution in [0.2, 0.25) is 0 Å². The summed E-state index contributed by atoms with van der Waals surface area (Å²) in [5, 5.41) is 4.00. The zero-order valence-corrected chi connectivity index (χ0v) is 15.5. The maximum absolute atomic E-state index is 12.0. The van der Waals surface area contributed by atoms with Gasteiger partial charge in [0.15, 0.2) is 0 Å². The van der Waals surface area contributed by atoms with Crippen LogP contribution in [0.4, 0.5) is 0 Å². The lowest BCUT2D eigenvalue weighted by atomic mass is 10.1. The summed E-state index contributed by atoms with van der Waals surface area (Å²) in [6, 6.07) is 13.5. The van der Waals surface area contributed by atoms with Gasteiger partial charge in [-0.1, -0.05) is 53.0 Å². The van der Waals surface area contributed by atoms with Crippen LogP contribution in [-0.2, 0) is 17.6 Å². The summed E-state index contributed by atoms with van der Waals surface area (Å²) in [6.45, 7) is 2.27. The number of hydrogen-bond donors (Lipinski definition) is 1. The summed E-state index contributed by atoms with van der Waals surface area (Å²) in [4.78, 5) is 12.0. The molecule has 0 bridgehead atoms. The standard InChI is InChI=1S/C20H19BrN2O2/c1-3-11-25-19-10-9-18(21)13-17(19)14-22-23-20(24)12-16-7-5-15(4-2)6-8-16/h1,5-10,13-14H,4,11-12H2,2H3,(H,23,24)/b22-14+. The predicted molar refractivity (Wildman–Crippen MR) is 104 cm³/mol. The van der Waals surface area contributed by atoms with Gasteiger partial charge in [0.05, 0.1) is 12.6 Å². The largest absolute Gasteiger partial charge is 0.480 e. The Morgan fingerprint density at radius 2 is 2.00 bits per heavy atom. The number of nitrogens with one attached hydrogen (secondary N) is 1. The summed E-state index contributed by atoms with van der Waals surface area (Å²) in [5.74, 6) is 2.85. The Labute approximate surface area is 156 Å². The molecule has 2 aromatic rings. The van der Waals surface area contributed by atoms with Gasteiger partial charge < -0.3 is 4.74 Å². The highest BCUT2D eigenvalue weighted by Crippen LogP contribution is 2.21. The smallest absolute Gasteiger partial charge is 0.244 e. The SMILES string of the molecule is C#CCOc1ccc(Br)cc1/C=N/NC(=O)Cc1ccc(CC)cc1. The molecule has 0 aliphatic rings. The van der Waals surface area contributed by atoms with Gasteiger partial charge in [0.2, 0.25) is 5.91 Å². The Balaban J connectivity index is 1.96. The van der Waals surface area contributed by atoms with E-state index in [-0.39, 0.29) is 18.9 Å².